The van der Waals surface area contributed by atoms with Crippen molar-refractivity contribution >= 4 is 5.97 Å². The lowest BCUT2D eigenvalue weighted by molar-refractivity contribution is -0.136. The number of nitrogens with zero attached hydrogens (tertiary/aromatic N) is 2. The van der Waals surface area contributed by atoms with Gasteiger partial charge in [-0.1, -0.05) is 6.92 Å². The summed E-state index contributed by atoms with van der Waals surface area (Å²) in [5, 5.41) is 8.47. The fraction of sp³-hybridized carbons (Fsp3) is 0.375. The van der Waals surface area contributed by atoms with Gasteiger partial charge in [-0.25, -0.2) is 9.97 Å². The second-order valence-corrected chi connectivity index (χ2v) is 2.42. The summed E-state index contributed by atoms with van der Waals surface area (Å²) in [6.45, 7) is 1.97. The quantitative estimate of drug-likeness (QED) is 0.716. The fourth-order valence-electron chi connectivity index (χ4n) is 0.889. The molecule has 0 atom stereocenters. The van der Waals surface area contributed by atoms with E-state index >= 15 is 0 Å². The zero-order chi connectivity index (χ0) is 8.97. The third-order valence-electron chi connectivity index (χ3n) is 1.47. The van der Waals surface area contributed by atoms with Gasteiger partial charge in [-0.05, 0) is 12.5 Å². The predicted octanol–water partition coefficient (Wildman–Crippen LogP) is 0.666. The average molecular weight is 166 g/mol. The molecule has 0 fully saturated rings. The molecule has 1 rings (SSSR count). The Morgan fingerprint density at radius 2 is 2.17 bits per heavy atom. The molecule has 0 aliphatic rings. The Balaban J connectivity index is 2.79. The van der Waals surface area contributed by atoms with Gasteiger partial charge < -0.3 is 5.11 Å². The van der Waals surface area contributed by atoms with E-state index in [1.54, 1.807) is 6.07 Å². The summed E-state index contributed by atoms with van der Waals surface area (Å²) in [5.74, 6) is -0.865. The highest BCUT2D eigenvalue weighted by Gasteiger charge is 2.02. The Bertz CT molecular complexity index is 286. The molecular weight excluding hydrogens is 156 g/mol. The Morgan fingerprint density at radius 1 is 1.50 bits per heavy atom. The highest BCUT2D eigenvalue weighted by molar-refractivity contribution is 5.69. The van der Waals surface area contributed by atoms with Gasteiger partial charge in [0.15, 0.2) is 0 Å². The molecule has 4 nitrogen and oxygen atoms in total. The van der Waals surface area contributed by atoms with E-state index in [1.807, 2.05) is 6.92 Å². The predicted molar refractivity (Wildman–Crippen MR) is 42.7 cm³/mol. The van der Waals surface area contributed by atoms with Crippen LogP contribution in [0.3, 0.4) is 0 Å². The molecule has 1 aromatic rings. The van der Waals surface area contributed by atoms with Crippen LogP contribution in [-0.2, 0) is 17.6 Å². The highest BCUT2D eigenvalue weighted by Crippen LogP contribution is 1.99. The number of aromatic nitrogens is 2. The summed E-state index contributed by atoms with van der Waals surface area (Å²) in [4.78, 5) is 18.1. The first-order valence-corrected chi connectivity index (χ1v) is 3.74. The number of carboxylic acid groups (broad SMARTS) is 1. The summed E-state index contributed by atoms with van der Waals surface area (Å²) < 4.78 is 0. The first-order valence-electron chi connectivity index (χ1n) is 3.74. The molecule has 1 aromatic heterocycles. The molecule has 0 radical (unpaired) electrons. The third kappa shape index (κ3) is 2.30. The minimum Gasteiger partial charge on any atom is -0.481 e. The minimum absolute atomic E-state index is 0.0322. The van der Waals surface area contributed by atoms with Gasteiger partial charge in [0.1, 0.15) is 6.33 Å². The minimum atomic E-state index is -0.865. The number of aliphatic carboxylic acids is 1. The van der Waals surface area contributed by atoms with E-state index in [-0.39, 0.29) is 6.42 Å². The van der Waals surface area contributed by atoms with E-state index in [0.29, 0.717) is 5.69 Å². The van der Waals surface area contributed by atoms with E-state index < -0.39 is 5.97 Å². The van der Waals surface area contributed by atoms with E-state index in [4.69, 9.17) is 5.11 Å². The van der Waals surface area contributed by atoms with E-state index in [2.05, 4.69) is 9.97 Å². The topological polar surface area (TPSA) is 63.1 Å². The van der Waals surface area contributed by atoms with Crippen molar-refractivity contribution in [2.45, 2.75) is 19.8 Å². The van der Waals surface area contributed by atoms with Crippen LogP contribution in [0.25, 0.3) is 0 Å². The molecule has 4 heteroatoms. The van der Waals surface area contributed by atoms with Gasteiger partial charge >= 0.3 is 5.97 Å². The van der Waals surface area contributed by atoms with Crippen molar-refractivity contribution in [3.8, 4) is 0 Å². The molecule has 0 aliphatic carbocycles. The number of hydrogen-bond donors (Lipinski definition) is 1. The van der Waals surface area contributed by atoms with Crippen LogP contribution in [0.15, 0.2) is 12.4 Å². The van der Waals surface area contributed by atoms with Crippen LogP contribution in [-0.4, -0.2) is 21.0 Å². The standard InChI is InChI=1S/C8H10N2O2/c1-2-6-3-7(4-8(11)12)10-5-9-6/h3,5H,2,4H2,1H3,(H,11,12). The maximum Gasteiger partial charge on any atom is 0.309 e. The van der Waals surface area contributed by atoms with Gasteiger partial charge in [0.25, 0.3) is 0 Å². The molecule has 0 saturated heterocycles. The molecule has 64 valence electrons. The Kier molecular flexibility index (Phi) is 2.74. The fourth-order valence-corrected chi connectivity index (χ4v) is 0.889. The lowest BCUT2D eigenvalue weighted by Crippen LogP contribution is -2.03. The number of carbonyl (C=O) groups is 1. The van der Waals surface area contributed by atoms with Crippen LogP contribution in [0.2, 0.25) is 0 Å². The summed E-state index contributed by atoms with van der Waals surface area (Å²) in [5.41, 5.74) is 1.44. The molecule has 0 saturated carbocycles. The van der Waals surface area contributed by atoms with Gasteiger partial charge in [0.2, 0.25) is 0 Å². The SMILES string of the molecule is CCc1cc(CC(=O)O)ncn1. The van der Waals surface area contributed by atoms with Crippen molar-refractivity contribution in [2.24, 2.45) is 0 Å². The summed E-state index contributed by atoms with van der Waals surface area (Å²) in [6.07, 6.45) is 2.17. The Hall–Kier alpha value is -1.45. The summed E-state index contributed by atoms with van der Waals surface area (Å²) >= 11 is 0. The molecule has 1 heterocycles. The number of aryl methyl sites for hydroxylation is 1. The molecule has 0 bridgehead atoms. The second-order valence-electron chi connectivity index (χ2n) is 2.42. The zero-order valence-electron chi connectivity index (χ0n) is 6.82. The molecular formula is C8H10N2O2. The summed E-state index contributed by atoms with van der Waals surface area (Å²) in [7, 11) is 0. The van der Waals surface area contributed by atoms with Gasteiger partial charge in [-0.3, -0.25) is 4.79 Å². The first kappa shape index (κ1) is 8.64. The monoisotopic (exact) mass is 166 g/mol. The van der Waals surface area contributed by atoms with Crippen molar-refractivity contribution in [2.75, 3.05) is 0 Å². The highest BCUT2D eigenvalue weighted by atomic mass is 16.4. The van der Waals surface area contributed by atoms with Crippen molar-refractivity contribution in [1.29, 1.82) is 0 Å². The van der Waals surface area contributed by atoms with Crippen LogP contribution >= 0.6 is 0 Å². The van der Waals surface area contributed by atoms with Crippen LogP contribution in [0.5, 0.6) is 0 Å². The van der Waals surface area contributed by atoms with Crippen LogP contribution in [0, 0.1) is 0 Å². The average Bonchev–Trinajstić information content (AvgIpc) is 2.03. The lowest BCUT2D eigenvalue weighted by Gasteiger charge is -1.97. The number of carboxylic acids is 1. The number of rotatable bonds is 3. The molecule has 0 aromatic carbocycles. The molecule has 0 spiro atoms. The van der Waals surface area contributed by atoms with Gasteiger partial charge in [0.05, 0.1) is 12.1 Å². The molecule has 12 heavy (non-hydrogen) atoms. The molecule has 0 aliphatic heterocycles. The van der Waals surface area contributed by atoms with E-state index in [0.717, 1.165) is 12.1 Å². The van der Waals surface area contributed by atoms with Gasteiger partial charge in [-0.2, -0.15) is 0 Å². The lowest BCUT2D eigenvalue weighted by atomic mass is 10.2. The van der Waals surface area contributed by atoms with Gasteiger partial charge in [0, 0.05) is 5.69 Å². The van der Waals surface area contributed by atoms with Crippen molar-refractivity contribution in [1.82, 2.24) is 9.97 Å². The second kappa shape index (κ2) is 3.80. The third-order valence-corrected chi connectivity index (χ3v) is 1.47. The Morgan fingerprint density at radius 3 is 2.75 bits per heavy atom. The van der Waals surface area contributed by atoms with E-state index in [1.165, 1.54) is 6.33 Å². The largest absolute Gasteiger partial charge is 0.481 e. The van der Waals surface area contributed by atoms with Crippen LogP contribution < -0.4 is 0 Å². The summed E-state index contributed by atoms with van der Waals surface area (Å²) in [6, 6.07) is 1.72. The number of hydrogen-bond acceptors (Lipinski definition) is 3. The normalized spacial score (nSPS) is 9.75. The smallest absolute Gasteiger partial charge is 0.309 e. The van der Waals surface area contributed by atoms with Gasteiger partial charge in [-0.15, -0.1) is 0 Å². The molecule has 1 N–H and O–H groups in total. The van der Waals surface area contributed by atoms with Crippen LogP contribution in [0.4, 0.5) is 0 Å². The molecule has 0 unspecified atom stereocenters. The zero-order valence-corrected chi connectivity index (χ0v) is 6.82. The van der Waals surface area contributed by atoms with Crippen molar-refractivity contribution < 1.29 is 9.90 Å². The van der Waals surface area contributed by atoms with Crippen molar-refractivity contribution in [3.05, 3.63) is 23.8 Å². The maximum atomic E-state index is 10.3. The first-order chi connectivity index (χ1) is 5.72. The molecule has 0 amide bonds. The van der Waals surface area contributed by atoms with Crippen LogP contribution in [0.1, 0.15) is 18.3 Å². The maximum absolute atomic E-state index is 10.3. The van der Waals surface area contributed by atoms with Crippen molar-refractivity contribution in [3.63, 3.8) is 0 Å². The Labute approximate surface area is 70.3 Å². The van der Waals surface area contributed by atoms with E-state index in [9.17, 15) is 4.79 Å².